The predicted octanol–water partition coefficient (Wildman–Crippen LogP) is 1.31. The Kier molecular flexibility index (Phi) is 5.42. The van der Waals surface area contributed by atoms with Crippen LogP contribution in [0.5, 0.6) is 0 Å². The van der Waals surface area contributed by atoms with Crippen LogP contribution in [0.15, 0.2) is 12.5 Å². The van der Waals surface area contributed by atoms with E-state index in [0.717, 1.165) is 6.26 Å². The normalized spacial score (nSPS) is 10.1. The second kappa shape index (κ2) is 6.07. The highest BCUT2D eigenvalue weighted by Crippen LogP contribution is 1.92. The van der Waals surface area contributed by atoms with E-state index < -0.39 is 12.6 Å². The van der Waals surface area contributed by atoms with Crippen LogP contribution < -0.4 is 0 Å². The molecule has 1 N–H and O–H groups in total. The Balaban J connectivity index is 3.25. The lowest BCUT2D eigenvalue weighted by Crippen LogP contribution is -1.99. The number of alkyl halides is 1. The maximum Gasteiger partial charge on any atom is 0.310 e. The summed E-state index contributed by atoms with van der Waals surface area (Å²) >= 11 is 0. The van der Waals surface area contributed by atoms with Gasteiger partial charge in [-0.05, 0) is 6.42 Å². The van der Waals surface area contributed by atoms with Crippen LogP contribution in [0.4, 0.5) is 4.39 Å². The standard InChI is InChI=1S/C6H9FO3/c7-3-1-2-6(9)10-5-4-8/h4-5,8H,1-3H2. The average molecular weight is 148 g/mol. The average Bonchev–Trinajstić information content (AvgIpc) is 1.97. The number of hydrogen-bond donors (Lipinski definition) is 1. The fourth-order valence-electron chi connectivity index (χ4n) is 0.376. The number of rotatable bonds is 4. The number of carbonyl (C=O) groups is 1. The molecule has 0 aliphatic carbocycles. The number of halogens is 1. The molecule has 4 heteroatoms. The first-order valence-corrected chi connectivity index (χ1v) is 2.86. The lowest BCUT2D eigenvalue weighted by atomic mass is 10.3. The van der Waals surface area contributed by atoms with Gasteiger partial charge in [0, 0.05) is 6.42 Å². The van der Waals surface area contributed by atoms with Crippen molar-refractivity contribution >= 4 is 5.97 Å². The first-order chi connectivity index (χ1) is 4.81. The highest BCUT2D eigenvalue weighted by molar-refractivity contribution is 5.69. The van der Waals surface area contributed by atoms with Gasteiger partial charge in [0.1, 0.15) is 12.5 Å². The largest absolute Gasteiger partial charge is 0.512 e. The van der Waals surface area contributed by atoms with E-state index in [0.29, 0.717) is 6.26 Å². The van der Waals surface area contributed by atoms with Crippen molar-refractivity contribution in [2.45, 2.75) is 12.8 Å². The Morgan fingerprint density at radius 1 is 1.70 bits per heavy atom. The molecule has 0 unspecified atom stereocenters. The van der Waals surface area contributed by atoms with Crippen LogP contribution >= 0.6 is 0 Å². The summed E-state index contributed by atoms with van der Waals surface area (Å²) < 4.78 is 15.7. The molecule has 0 atom stereocenters. The molecule has 0 heterocycles. The van der Waals surface area contributed by atoms with Gasteiger partial charge < -0.3 is 9.84 Å². The zero-order chi connectivity index (χ0) is 7.82. The molecule has 0 radical (unpaired) electrons. The topological polar surface area (TPSA) is 46.5 Å². The van der Waals surface area contributed by atoms with Gasteiger partial charge in [-0.3, -0.25) is 9.18 Å². The summed E-state index contributed by atoms with van der Waals surface area (Å²) in [5.74, 6) is -0.539. The van der Waals surface area contributed by atoms with Gasteiger partial charge in [0.05, 0.1) is 6.67 Å². The SMILES string of the molecule is O=C(CCCF)OC=CO. The lowest BCUT2D eigenvalue weighted by molar-refractivity contribution is -0.138. The number of aliphatic hydroxyl groups excluding tert-OH is 1. The predicted molar refractivity (Wildman–Crippen MR) is 33.1 cm³/mol. The van der Waals surface area contributed by atoms with E-state index in [1.54, 1.807) is 0 Å². The third-order valence-electron chi connectivity index (χ3n) is 0.775. The molecule has 0 rings (SSSR count). The van der Waals surface area contributed by atoms with Crippen LogP contribution in [0.1, 0.15) is 12.8 Å². The fourth-order valence-corrected chi connectivity index (χ4v) is 0.376. The van der Waals surface area contributed by atoms with Gasteiger partial charge in [0.2, 0.25) is 0 Å². The van der Waals surface area contributed by atoms with Crippen molar-refractivity contribution in [3.63, 3.8) is 0 Å². The first kappa shape index (κ1) is 8.94. The molecule has 58 valence electrons. The van der Waals surface area contributed by atoms with Crippen molar-refractivity contribution in [1.29, 1.82) is 0 Å². The van der Waals surface area contributed by atoms with Gasteiger partial charge in [-0.2, -0.15) is 0 Å². The minimum Gasteiger partial charge on any atom is -0.512 e. The molecular formula is C6H9FO3. The second-order valence-corrected chi connectivity index (χ2v) is 1.57. The van der Waals surface area contributed by atoms with Gasteiger partial charge in [-0.1, -0.05) is 0 Å². The summed E-state index contributed by atoms with van der Waals surface area (Å²) in [4.78, 5) is 10.4. The van der Waals surface area contributed by atoms with Crippen molar-refractivity contribution in [2.75, 3.05) is 6.67 Å². The summed E-state index contributed by atoms with van der Waals surface area (Å²) in [6.45, 7) is -0.530. The van der Waals surface area contributed by atoms with E-state index in [1.807, 2.05) is 0 Å². The van der Waals surface area contributed by atoms with Crippen LogP contribution in [-0.2, 0) is 9.53 Å². The summed E-state index contributed by atoms with van der Waals surface area (Å²) in [6, 6.07) is 0. The lowest BCUT2D eigenvalue weighted by Gasteiger charge is -1.94. The summed E-state index contributed by atoms with van der Waals surface area (Å²) in [5, 5.41) is 8.01. The van der Waals surface area contributed by atoms with Crippen LogP contribution in [0.2, 0.25) is 0 Å². The van der Waals surface area contributed by atoms with Crippen LogP contribution in [-0.4, -0.2) is 17.8 Å². The molecule has 0 aromatic heterocycles. The van der Waals surface area contributed by atoms with Gasteiger partial charge in [-0.25, -0.2) is 0 Å². The minimum absolute atomic E-state index is 0.0425. The fraction of sp³-hybridized carbons (Fsp3) is 0.500. The van der Waals surface area contributed by atoms with Crippen LogP contribution in [0.3, 0.4) is 0 Å². The van der Waals surface area contributed by atoms with E-state index in [-0.39, 0.29) is 12.8 Å². The number of ether oxygens (including phenoxy) is 1. The van der Waals surface area contributed by atoms with Crippen molar-refractivity contribution < 1.29 is 19.0 Å². The van der Waals surface area contributed by atoms with E-state index in [2.05, 4.69) is 4.74 Å². The zero-order valence-electron chi connectivity index (χ0n) is 5.42. The summed E-state index contributed by atoms with van der Waals surface area (Å²) in [6.07, 6.45) is 1.66. The van der Waals surface area contributed by atoms with Gasteiger partial charge in [0.15, 0.2) is 0 Å². The molecule has 0 saturated carbocycles. The zero-order valence-corrected chi connectivity index (χ0v) is 5.42. The molecule has 0 saturated heterocycles. The Hall–Kier alpha value is -1.06. The number of aliphatic hydroxyl groups is 1. The Morgan fingerprint density at radius 2 is 2.40 bits per heavy atom. The van der Waals surface area contributed by atoms with Crippen molar-refractivity contribution in [3.05, 3.63) is 12.5 Å². The molecule has 0 fully saturated rings. The van der Waals surface area contributed by atoms with E-state index in [9.17, 15) is 9.18 Å². The molecular weight excluding hydrogens is 139 g/mol. The Labute approximate surface area is 58.1 Å². The maximum absolute atomic E-state index is 11.4. The van der Waals surface area contributed by atoms with Gasteiger partial charge in [-0.15, -0.1) is 0 Å². The highest BCUT2D eigenvalue weighted by atomic mass is 19.1. The minimum atomic E-state index is -0.539. The number of esters is 1. The maximum atomic E-state index is 11.4. The highest BCUT2D eigenvalue weighted by Gasteiger charge is 1.98. The molecule has 0 aliphatic rings. The second-order valence-electron chi connectivity index (χ2n) is 1.57. The molecule has 0 aromatic carbocycles. The molecule has 3 nitrogen and oxygen atoms in total. The molecule has 0 aromatic rings. The Morgan fingerprint density at radius 3 is 2.90 bits per heavy atom. The summed E-state index contributed by atoms with van der Waals surface area (Å²) in [5.41, 5.74) is 0. The molecule has 0 aliphatic heterocycles. The summed E-state index contributed by atoms with van der Waals surface area (Å²) in [7, 11) is 0. The smallest absolute Gasteiger partial charge is 0.310 e. The van der Waals surface area contributed by atoms with E-state index >= 15 is 0 Å². The van der Waals surface area contributed by atoms with Crippen LogP contribution in [0, 0.1) is 0 Å². The third kappa shape index (κ3) is 5.08. The quantitative estimate of drug-likeness (QED) is 0.483. The molecule has 10 heavy (non-hydrogen) atoms. The van der Waals surface area contributed by atoms with Crippen molar-refractivity contribution in [2.24, 2.45) is 0 Å². The Bertz CT molecular complexity index is 122. The monoisotopic (exact) mass is 148 g/mol. The third-order valence-corrected chi connectivity index (χ3v) is 0.775. The van der Waals surface area contributed by atoms with Gasteiger partial charge >= 0.3 is 5.97 Å². The van der Waals surface area contributed by atoms with E-state index in [1.165, 1.54) is 0 Å². The van der Waals surface area contributed by atoms with Gasteiger partial charge in [0.25, 0.3) is 0 Å². The molecule has 0 spiro atoms. The van der Waals surface area contributed by atoms with E-state index in [4.69, 9.17) is 5.11 Å². The number of hydrogen-bond acceptors (Lipinski definition) is 3. The number of carbonyl (C=O) groups excluding carboxylic acids is 1. The molecule has 0 amide bonds. The van der Waals surface area contributed by atoms with Crippen molar-refractivity contribution in [3.8, 4) is 0 Å². The molecule has 0 bridgehead atoms. The van der Waals surface area contributed by atoms with Crippen molar-refractivity contribution in [1.82, 2.24) is 0 Å². The van der Waals surface area contributed by atoms with Crippen LogP contribution in [0.25, 0.3) is 0 Å². The first-order valence-electron chi connectivity index (χ1n) is 2.86.